The molecule has 8 nitrogen and oxygen atoms in total. The van der Waals surface area contributed by atoms with Gasteiger partial charge in [-0.3, -0.25) is 14.5 Å². The summed E-state index contributed by atoms with van der Waals surface area (Å²) in [6, 6.07) is 19.8. The highest BCUT2D eigenvalue weighted by Gasteiger charge is 2.20. The first-order valence-electron chi connectivity index (χ1n) is 8.93. The third-order valence-corrected chi connectivity index (χ3v) is 4.06. The zero-order valence-corrected chi connectivity index (χ0v) is 15.8. The summed E-state index contributed by atoms with van der Waals surface area (Å²) in [5.41, 5.74) is 0.816. The predicted octanol–water partition coefficient (Wildman–Crippen LogP) is 3.25. The highest BCUT2D eigenvalue weighted by molar-refractivity contribution is 6.07. The Morgan fingerprint density at radius 3 is 2.43 bits per heavy atom. The van der Waals surface area contributed by atoms with Gasteiger partial charge in [0, 0.05) is 5.69 Å². The van der Waals surface area contributed by atoms with Gasteiger partial charge in [-0.05, 0) is 36.4 Å². The van der Waals surface area contributed by atoms with E-state index in [2.05, 4.69) is 5.32 Å². The monoisotopic (exact) mass is 403 g/mol. The number of ether oxygens (including phenoxy) is 1. The summed E-state index contributed by atoms with van der Waals surface area (Å²) in [6.45, 7) is -0.744. The first kappa shape index (κ1) is 20.4. The lowest BCUT2D eigenvalue weighted by molar-refractivity contribution is -0.121. The fourth-order valence-corrected chi connectivity index (χ4v) is 2.65. The number of amides is 2. The maximum atomic E-state index is 12.5. The van der Waals surface area contributed by atoms with E-state index in [0.717, 1.165) is 0 Å². The number of benzene rings is 2. The van der Waals surface area contributed by atoms with Crippen molar-refractivity contribution < 1.29 is 23.5 Å². The first-order chi connectivity index (χ1) is 14.6. The summed E-state index contributed by atoms with van der Waals surface area (Å²) in [6.07, 6.45) is 1.36. The lowest BCUT2D eigenvalue weighted by atomic mass is 10.1. The molecule has 0 aliphatic carbocycles. The SMILES string of the molecule is N#CCN(C(=O)COC(=O)c1ccccc1NC(=O)c1ccco1)c1ccccc1. The van der Waals surface area contributed by atoms with Crippen molar-refractivity contribution in [3.8, 4) is 6.07 Å². The van der Waals surface area contributed by atoms with Gasteiger partial charge in [0.2, 0.25) is 0 Å². The standard InChI is InChI=1S/C22H17N3O5/c23-12-13-25(16-7-2-1-3-8-16)20(26)15-30-22(28)17-9-4-5-10-18(17)24-21(27)19-11-6-14-29-19/h1-11,14H,13,15H2,(H,24,27). The molecule has 0 spiro atoms. The lowest BCUT2D eigenvalue weighted by Gasteiger charge is -2.19. The zero-order chi connectivity index (χ0) is 21.3. The number of carbonyl (C=O) groups is 3. The van der Waals surface area contributed by atoms with Crippen LogP contribution in [-0.2, 0) is 9.53 Å². The van der Waals surface area contributed by atoms with Crippen molar-refractivity contribution >= 4 is 29.2 Å². The van der Waals surface area contributed by atoms with Crippen LogP contribution in [0.15, 0.2) is 77.4 Å². The van der Waals surface area contributed by atoms with Crippen LogP contribution in [0.25, 0.3) is 0 Å². The fraction of sp³-hybridized carbons (Fsp3) is 0.0909. The third kappa shape index (κ3) is 4.91. The number of nitriles is 1. The fourth-order valence-electron chi connectivity index (χ4n) is 2.65. The molecule has 30 heavy (non-hydrogen) atoms. The maximum Gasteiger partial charge on any atom is 0.340 e. The number of carbonyl (C=O) groups excluding carboxylic acids is 3. The minimum absolute atomic E-state index is 0.0803. The van der Waals surface area contributed by atoms with Crippen LogP contribution in [0.2, 0.25) is 0 Å². The van der Waals surface area contributed by atoms with Crippen LogP contribution in [-0.4, -0.2) is 30.9 Å². The molecule has 0 saturated carbocycles. The Balaban J connectivity index is 1.68. The minimum atomic E-state index is -0.788. The molecule has 0 bridgehead atoms. The van der Waals surface area contributed by atoms with Crippen molar-refractivity contribution in [1.29, 1.82) is 5.26 Å². The number of rotatable bonds is 7. The predicted molar refractivity (Wildman–Crippen MR) is 108 cm³/mol. The van der Waals surface area contributed by atoms with E-state index in [1.165, 1.54) is 29.4 Å². The van der Waals surface area contributed by atoms with E-state index in [-0.39, 0.29) is 23.6 Å². The quantitative estimate of drug-likeness (QED) is 0.479. The van der Waals surface area contributed by atoms with Gasteiger partial charge in [-0.25, -0.2) is 4.79 Å². The van der Waals surface area contributed by atoms with Gasteiger partial charge in [0.25, 0.3) is 11.8 Å². The van der Waals surface area contributed by atoms with E-state index in [1.54, 1.807) is 48.5 Å². The Labute approximate surface area is 172 Å². The van der Waals surface area contributed by atoms with Gasteiger partial charge in [-0.2, -0.15) is 5.26 Å². The van der Waals surface area contributed by atoms with Gasteiger partial charge >= 0.3 is 5.97 Å². The summed E-state index contributed by atoms with van der Waals surface area (Å²) in [7, 11) is 0. The van der Waals surface area contributed by atoms with Crippen molar-refractivity contribution in [3.05, 3.63) is 84.3 Å². The van der Waals surface area contributed by atoms with Crippen LogP contribution < -0.4 is 10.2 Å². The van der Waals surface area contributed by atoms with E-state index < -0.39 is 24.4 Å². The third-order valence-electron chi connectivity index (χ3n) is 4.06. The molecule has 150 valence electrons. The normalized spacial score (nSPS) is 9.97. The molecule has 2 aromatic carbocycles. The van der Waals surface area contributed by atoms with Crippen molar-refractivity contribution in [3.63, 3.8) is 0 Å². The molecule has 0 saturated heterocycles. The second-order valence-electron chi connectivity index (χ2n) is 6.03. The van der Waals surface area contributed by atoms with Crippen LogP contribution in [0, 0.1) is 11.3 Å². The number of para-hydroxylation sites is 2. The Kier molecular flexibility index (Phi) is 6.59. The molecule has 1 aromatic heterocycles. The van der Waals surface area contributed by atoms with E-state index >= 15 is 0 Å². The molecule has 2 amide bonds. The highest BCUT2D eigenvalue weighted by Crippen LogP contribution is 2.18. The van der Waals surface area contributed by atoms with E-state index in [4.69, 9.17) is 14.4 Å². The smallest absolute Gasteiger partial charge is 0.340 e. The second kappa shape index (κ2) is 9.71. The molecule has 0 aliphatic rings. The van der Waals surface area contributed by atoms with Crippen LogP contribution >= 0.6 is 0 Å². The van der Waals surface area contributed by atoms with Crippen molar-refractivity contribution in [2.45, 2.75) is 0 Å². The largest absolute Gasteiger partial charge is 0.459 e. The number of nitrogens with zero attached hydrogens (tertiary/aromatic N) is 2. The molecule has 1 heterocycles. The summed E-state index contributed by atoms with van der Waals surface area (Å²) < 4.78 is 10.2. The zero-order valence-electron chi connectivity index (χ0n) is 15.8. The summed E-state index contributed by atoms with van der Waals surface area (Å²) in [5, 5.41) is 11.6. The Hall–Kier alpha value is -4.38. The van der Waals surface area contributed by atoms with E-state index in [1.807, 2.05) is 6.07 Å². The number of furan rings is 1. The van der Waals surface area contributed by atoms with Gasteiger partial charge in [-0.15, -0.1) is 0 Å². The van der Waals surface area contributed by atoms with Crippen molar-refractivity contribution in [1.82, 2.24) is 0 Å². The summed E-state index contributed by atoms with van der Waals surface area (Å²) >= 11 is 0. The van der Waals surface area contributed by atoms with Crippen molar-refractivity contribution in [2.75, 3.05) is 23.4 Å². The average molecular weight is 403 g/mol. The number of hydrogen-bond donors (Lipinski definition) is 1. The topological polar surface area (TPSA) is 113 Å². The number of hydrogen-bond acceptors (Lipinski definition) is 6. The molecular formula is C22H17N3O5. The number of esters is 1. The Bertz CT molecular complexity index is 1070. The summed E-state index contributed by atoms with van der Waals surface area (Å²) in [5.74, 6) is -1.78. The van der Waals surface area contributed by atoms with E-state index in [9.17, 15) is 14.4 Å². The van der Waals surface area contributed by atoms with Crippen LogP contribution in [0.3, 0.4) is 0 Å². The Morgan fingerprint density at radius 2 is 1.73 bits per heavy atom. The van der Waals surface area contributed by atoms with Gasteiger partial charge in [0.05, 0.1) is 23.6 Å². The Morgan fingerprint density at radius 1 is 1.00 bits per heavy atom. The van der Waals surface area contributed by atoms with Crippen LogP contribution in [0.4, 0.5) is 11.4 Å². The molecular weight excluding hydrogens is 386 g/mol. The van der Waals surface area contributed by atoms with Gasteiger partial charge in [0.1, 0.15) is 6.54 Å². The molecule has 0 unspecified atom stereocenters. The molecule has 3 rings (SSSR count). The highest BCUT2D eigenvalue weighted by atomic mass is 16.5. The van der Waals surface area contributed by atoms with Crippen molar-refractivity contribution in [2.24, 2.45) is 0 Å². The number of nitrogens with one attached hydrogen (secondary N) is 1. The van der Waals surface area contributed by atoms with Crippen LogP contribution in [0.5, 0.6) is 0 Å². The lowest BCUT2D eigenvalue weighted by Crippen LogP contribution is -2.35. The summed E-state index contributed by atoms with van der Waals surface area (Å²) in [4.78, 5) is 38.4. The molecule has 1 N–H and O–H groups in total. The van der Waals surface area contributed by atoms with Gasteiger partial charge in [-0.1, -0.05) is 30.3 Å². The minimum Gasteiger partial charge on any atom is -0.459 e. The molecule has 0 radical (unpaired) electrons. The average Bonchev–Trinajstić information content (AvgIpc) is 3.32. The van der Waals surface area contributed by atoms with Gasteiger partial charge < -0.3 is 14.5 Å². The molecule has 0 aliphatic heterocycles. The molecule has 0 atom stereocenters. The molecule has 3 aromatic rings. The molecule has 0 fully saturated rings. The van der Waals surface area contributed by atoms with E-state index in [0.29, 0.717) is 5.69 Å². The number of anilines is 2. The maximum absolute atomic E-state index is 12.5. The second-order valence-corrected chi connectivity index (χ2v) is 6.03. The molecule has 8 heteroatoms. The first-order valence-corrected chi connectivity index (χ1v) is 8.93. The van der Waals surface area contributed by atoms with Crippen LogP contribution in [0.1, 0.15) is 20.9 Å². The van der Waals surface area contributed by atoms with Gasteiger partial charge in [0.15, 0.2) is 12.4 Å².